The summed E-state index contributed by atoms with van der Waals surface area (Å²) in [6.07, 6.45) is -4.84. The number of anilines is 1. The van der Waals surface area contributed by atoms with E-state index in [1.54, 1.807) is 13.8 Å². The number of nitro benzene ring substituents is 1. The van der Waals surface area contributed by atoms with E-state index in [1.165, 1.54) is 36.4 Å². The van der Waals surface area contributed by atoms with E-state index in [1.807, 2.05) is 4.90 Å². The van der Waals surface area contributed by atoms with Crippen LogP contribution in [0, 0.1) is 33.3 Å². The Morgan fingerprint density at radius 3 is 2.21 bits per heavy atom. The summed E-state index contributed by atoms with van der Waals surface area (Å²) < 4.78 is 52.6. The van der Waals surface area contributed by atoms with Gasteiger partial charge in [0.15, 0.2) is 0 Å². The fourth-order valence-electron chi connectivity index (χ4n) is 6.14. The number of alkyl halides is 3. The van der Waals surface area contributed by atoms with Crippen molar-refractivity contribution in [2.45, 2.75) is 31.2 Å². The van der Waals surface area contributed by atoms with Crippen LogP contribution in [0.15, 0.2) is 42.5 Å². The minimum atomic E-state index is -4.84. The van der Waals surface area contributed by atoms with Crippen LogP contribution in [0.1, 0.15) is 25.0 Å². The van der Waals surface area contributed by atoms with Gasteiger partial charge < -0.3 is 9.47 Å². The van der Waals surface area contributed by atoms with Crippen molar-refractivity contribution >= 4 is 23.2 Å². The summed E-state index contributed by atoms with van der Waals surface area (Å²) in [5, 5.41) is 19.9. The van der Waals surface area contributed by atoms with Crippen LogP contribution in [-0.4, -0.2) is 59.1 Å². The highest BCUT2D eigenvalue weighted by Gasteiger charge is 2.71. The van der Waals surface area contributed by atoms with Gasteiger partial charge in [0.05, 0.1) is 50.8 Å². The molecule has 2 aromatic rings. The van der Waals surface area contributed by atoms with Crippen molar-refractivity contribution in [1.82, 2.24) is 4.90 Å². The molecule has 3 aliphatic heterocycles. The minimum absolute atomic E-state index is 0.0569. The molecule has 3 aliphatic rings. The molecule has 3 heterocycles. The first-order chi connectivity index (χ1) is 18.3. The predicted molar refractivity (Wildman–Crippen MR) is 129 cm³/mol. The Labute approximate surface area is 220 Å². The van der Waals surface area contributed by atoms with E-state index in [9.17, 15) is 32.9 Å². The second-order valence-electron chi connectivity index (χ2n) is 10.3. The SMILES string of the molecule is CC12CN(CCOc3ccc([N+](=O)[O-])cc3)CC(C)(O1)[C@@H]1C(=O)N(c3ccc(C#N)c(C(F)(F)F)c3)C(=O)C12. The number of carbonyl (C=O) groups excluding carboxylic acids is 2. The molecule has 0 saturated carbocycles. The smallest absolute Gasteiger partial charge is 0.417 e. The molecule has 0 spiro atoms. The number of nitrogens with zero attached hydrogens (tertiary/aromatic N) is 4. The van der Waals surface area contributed by atoms with Crippen LogP contribution in [0.2, 0.25) is 0 Å². The van der Waals surface area contributed by atoms with E-state index in [0.29, 0.717) is 18.4 Å². The first-order valence-electron chi connectivity index (χ1n) is 12.1. The number of nitriles is 1. The molecule has 0 aromatic heterocycles. The van der Waals surface area contributed by atoms with Crippen LogP contribution in [-0.2, 0) is 20.5 Å². The largest absolute Gasteiger partial charge is 0.492 e. The van der Waals surface area contributed by atoms with Gasteiger partial charge in [-0.15, -0.1) is 0 Å². The van der Waals surface area contributed by atoms with E-state index >= 15 is 0 Å². The van der Waals surface area contributed by atoms with Crippen molar-refractivity contribution < 1.29 is 37.2 Å². The number of imide groups is 1. The van der Waals surface area contributed by atoms with Crippen molar-refractivity contribution in [2.75, 3.05) is 31.1 Å². The molecule has 4 atom stereocenters. The monoisotopic (exact) mass is 544 g/mol. The zero-order chi connectivity index (χ0) is 28.3. The van der Waals surface area contributed by atoms with Gasteiger partial charge >= 0.3 is 6.18 Å². The number of non-ortho nitro benzene ring substituents is 1. The average molecular weight is 544 g/mol. The van der Waals surface area contributed by atoms with Gasteiger partial charge in [0.1, 0.15) is 12.4 Å². The zero-order valence-corrected chi connectivity index (χ0v) is 20.9. The topological polar surface area (TPSA) is 126 Å². The first-order valence-corrected chi connectivity index (χ1v) is 12.1. The molecule has 3 unspecified atom stereocenters. The number of carbonyl (C=O) groups is 2. The number of halogens is 3. The molecular formula is C26H23F3N4O6. The minimum Gasteiger partial charge on any atom is -0.492 e. The van der Waals surface area contributed by atoms with Gasteiger partial charge in [0.25, 0.3) is 5.69 Å². The van der Waals surface area contributed by atoms with Gasteiger partial charge in [-0.3, -0.25) is 24.6 Å². The summed E-state index contributed by atoms with van der Waals surface area (Å²) in [5.41, 5.74) is -4.26. The van der Waals surface area contributed by atoms with Crippen LogP contribution in [0.4, 0.5) is 24.5 Å². The predicted octanol–water partition coefficient (Wildman–Crippen LogP) is 3.53. The van der Waals surface area contributed by atoms with Crippen molar-refractivity contribution in [2.24, 2.45) is 11.8 Å². The molecule has 3 saturated heterocycles. The lowest BCUT2D eigenvalue weighted by Gasteiger charge is -2.45. The number of nitro groups is 1. The van der Waals surface area contributed by atoms with E-state index in [-0.39, 0.29) is 31.1 Å². The van der Waals surface area contributed by atoms with Gasteiger partial charge in [-0.05, 0) is 44.2 Å². The molecule has 2 amide bonds. The summed E-state index contributed by atoms with van der Waals surface area (Å²) in [6.45, 7) is 4.64. The number of rotatable bonds is 6. The number of likely N-dealkylation sites (tertiary alicyclic amines) is 1. The number of morpholine rings is 1. The number of fused-ring (bicyclic) bond motifs is 5. The number of benzene rings is 2. The van der Waals surface area contributed by atoms with Gasteiger partial charge in [-0.1, -0.05) is 0 Å². The van der Waals surface area contributed by atoms with E-state index < -0.39 is 57.1 Å². The highest BCUT2D eigenvalue weighted by atomic mass is 19.4. The van der Waals surface area contributed by atoms with Gasteiger partial charge in [0.2, 0.25) is 11.8 Å². The number of amides is 2. The lowest BCUT2D eigenvalue weighted by atomic mass is 9.79. The van der Waals surface area contributed by atoms with Crippen LogP contribution >= 0.6 is 0 Å². The molecule has 0 radical (unpaired) electrons. The van der Waals surface area contributed by atoms with Crippen LogP contribution in [0.5, 0.6) is 5.75 Å². The van der Waals surface area contributed by atoms with Crippen molar-refractivity contribution in [3.05, 3.63) is 63.7 Å². The maximum Gasteiger partial charge on any atom is 0.417 e. The van der Waals surface area contributed by atoms with Crippen molar-refractivity contribution in [3.63, 3.8) is 0 Å². The second kappa shape index (κ2) is 9.03. The quantitative estimate of drug-likeness (QED) is 0.307. The second-order valence-corrected chi connectivity index (χ2v) is 10.3. The number of hydrogen-bond acceptors (Lipinski definition) is 8. The molecule has 5 rings (SSSR count). The Bertz CT molecular complexity index is 1370. The maximum atomic E-state index is 13.6. The molecular weight excluding hydrogens is 521 g/mol. The summed E-state index contributed by atoms with van der Waals surface area (Å²) in [7, 11) is 0. The zero-order valence-electron chi connectivity index (χ0n) is 20.9. The van der Waals surface area contributed by atoms with E-state index in [4.69, 9.17) is 14.7 Å². The standard InChI is InChI=1S/C26H23F3N4O6/c1-24-13-31(9-10-38-18-7-5-16(6-8-18)33(36)37)14-25(2,39-24)21-20(24)22(34)32(23(21)35)17-4-3-15(12-30)19(11-17)26(27,28)29/h3-8,11,20-21H,9-10,13-14H2,1-2H3/t20-,21?,24?,25?/m0/s1. The molecule has 0 N–H and O–H groups in total. The van der Waals surface area contributed by atoms with Gasteiger partial charge in [-0.2, -0.15) is 18.4 Å². The summed E-state index contributed by atoms with van der Waals surface area (Å²) in [5.74, 6) is -2.63. The van der Waals surface area contributed by atoms with Crippen molar-refractivity contribution in [1.29, 1.82) is 5.26 Å². The highest BCUT2D eigenvalue weighted by molar-refractivity contribution is 6.23. The maximum absolute atomic E-state index is 13.6. The molecule has 2 bridgehead atoms. The van der Waals surface area contributed by atoms with Gasteiger partial charge in [0, 0.05) is 31.8 Å². The molecule has 39 heavy (non-hydrogen) atoms. The van der Waals surface area contributed by atoms with Gasteiger partial charge in [-0.25, -0.2) is 4.90 Å². The Morgan fingerprint density at radius 2 is 1.69 bits per heavy atom. The summed E-state index contributed by atoms with van der Waals surface area (Å²) >= 11 is 0. The highest BCUT2D eigenvalue weighted by Crippen LogP contribution is 2.55. The first kappa shape index (κ1) is 26.6. The summed E-state index contributed by atoms with van der Waals surface area (Å²) in [4.78, 5) is 40.2. The molecule has 13 heteroatoms. The number of ether oxygens (including phenoxy) is 2. The molecule has 0 aliphatic carbocycles. The molecule has 3 fully saturated rings. The lowest BCUT2D eigenvalue weighted by Crippen LogP contribution is -2.58. The van der Waals surface area contributed by atoms with Crippen molar-refractivity contribution in [3.8, 4) is 11.8 Å². The van der Waals surface area contributed by atoms with Crippen LogP contribution in [0.25, 0.3) is 0 Å². The number of hydrogen-bond donors (Lipinski definition) is 0. The lowest BCUT2D eigenvalue weighted by molar-refractivity contribution is -0.384. The van der Waals surface area contributed by atoms with Crippen LogP contribution in [0.3, 0.4) is 0 Å². The molecule has 10 nitrogen and oxygen atoms in total. The van der Waals surface area contributed by atoms with Crippen LogP contribution < -0.4 is 9.64 Å². The Morgan fingerprint density at radius 1 is 1.10 bits per heavy atom. The third-order valence-electron chi connectivity index (χ3n) is 7.57. The molecule has 2 aromatic carbocycles. The fourth-order valence-corrected chi connectivity index (χ4v) is 6.14. The molecule has 204 valence electrons. The normalized spacial score (nSPS) is 28.4. The van der Waals surface area contributed by atoms with E-state index in [2.05, 4.69) is 0 Å². The van der Waals surface area contributed by atoms with E-state index in [0.717, 1.165) is 11.0 Å². The third-order valence-corrected chi connectivity index (χ3v) is 7.57. The average Bonchev–Trinajstić information content (AvgIpc) is 3.23. The third kappa shape index (κ3) is 4.39. The summed E-state index contributed by atoms with van der Waals surface area (Å²) in [6, 6.07) is 9.95. The Kier molecular flexibility index (Phi) is 6.15. The Balaban J connectivity index is 1.33. The fraction of sp³-hybridized carbons (Fsp3) is 0.423. The Hall–Kier alpha value is -4.02.